The van der Waals surface area contributed by atoms with Crippen LogP contribution >= 0.6 is 0 Å². The highest BCUT2D eigenvalue weighted by atomic mass is 28.3. The van der Waals surface area contributed by atoms with E-state index in [2.05, 4.69) is 238 Å². The van der Waals surface area contributed by atoms with Crippen LogP contribution in [-0.4, -0.2) is 17.0 Å². The van der Waals surface area contributed by atoms with Gasteiger partial charge in [0.2, 0.25) is 0 Å². The van der Waals surface area contributed by atoms with Gasteiger partial charge in [-0.3, -0.25) is 0 Å². The molecule has 304 valence electrons. The molecule has 0 aliphatic heterocycles. The predicted molar refractivity (Wildman–Crippen MR) is 274 cm³/mol. The topological polar surface area (TPSA) is 12.6 Å². The smallest absolute Gasteiger partial charge is 0.171 e. The van der Waals surface area contributed by atoms with Gasteiger partial charge in [0.15, 0.2) is 8.07 Å². The lowest BCUT2D eigenvalue weighted by atomic mass is 10.0. The molecule has 0 spiro atoms. The Morgan fingerprint density at radius 2 is 0.938 bits per heavy atom. The largest absolute Gasteiger partial charge is 0.314 e. The highest BCUT2D eigenvalue weighted by molar-refractivity contribution is 7.12. The number of nitrogens with zero attached hydrogens (tertiary/aromatic N) is 3. The molecule has 3 nitrogen and oxygen atoms in total. The van der Waals surface area contributed by atoms with Crippen LogP contribution in [0.3, 0.4) is 0 Å². The Morgan fingerprint density at radius 3 is 1.53 bits per heavy atom. The molecular formula is C60H45N3Si. The van der Waals surface area contributed by atoms with E-state index in [9.17, 15) is 0 Å². The van der Waals surface area contributed by atoms with Gasteiger partial charge in [0.05, 0.1) is 27.6 Å². The molecule has 3 heterocycles. The van der Waals surface area contributed by atoms with E-state index in [4.69, 9.17) is 0 Å². The van der Waals surface area contributed by atoms with Crippen molar-refractivity contribution in [1.29, 1.82) is 0 Å². The van der Waals surface area contributed by atoms with Crippen molar-refractivity contribution in [3.63, 3.8) is 0 Å². The van der Waals surface area contributed by atoms with Crippen molar-refractivity contribution >= 4 is 89.7 Å². The van der Waals surface area contributed by atoms with Gasteiger partial charge in [-0.1, -0.05) is 168 Å². The molecule has 11 aromatic rings. The van der Waals surface area contributed by atoms with E-state index in [0.717, 1.165) is 25.7 Å². The zero-order chi connectivity index (χ0) is 42.2. The van der Waals surface area contributed by atoms with E-state index in [-0.39, 0.29) is 0 Å². The summed E-state index contributed by atoms with van der Waals surface area (Å²) in [7, 11) is -2.57. The van der Waals surface area contributed by atoms with Crippen LogP contribution in [0.25, 0.3) is 65.6 Å². The lowest BCUT2D eigenvalue weighted by Gasteiger charge is -2.40. The van der Waals surface area contributed by atoms with Crippen LogP contribution in [0.5, 0.6) is 0 Å². The maximum atomic E-state index is 2.58. The summed E-state index contributed by atoms with van der Waals surface area (Å²) < 4.78 is 4.90. The average molecular weight is 836 g/mol. The van der Waals surface area contributed by atoms with Crippen molar-refractivity contribution < 1.29 is 0 Å². The predicted octanol–water partition coefficient (Wildman–Crippen LogP) is 14.3. The number of fused-ring (bicyclic) bond motifs is 9. The van der Waals surface area contributed by atoms with E-state index in [1.807, 2.05) is 0 Å². The summed E-state index contributed by atoms with van der Waals surface area (Å²) in [6.07, 6.45) is 16.2. The van der Waals surface area contributed by atoms with E-state index < -0.39 is 8.07 Å². The molecule has 0 saturated carbocycles. The van der Waals surface area contributed by atoms with Crippen molar-refractivity contribution in [3.05, 3.63) is 241 Å². The lowest BCUT2D eigenvalue weighted by molar-refractivity contribution is 0.899. The fourth-order valence-electron chi connectivity index (χ4n) is 11.5. The van der Waals surface area contributed by atoms with Gasteiger partial charge in [-0.05, 0) is 103 Å². The second-order valence-electron chi connectivity index (χ2n) is 17.5. The van der Waals surface area contributed by atoms with Crippen LogP contribution in [-0.2, 0) is 0 Å². The van der Waals surface area contributed by atoms with Gasteiger partial charge in [-0.2, -0.15) is 0 Å². The first kappa shape index (κ1) is 36.9. The number of benzene rings is 8. The number of anilines is 2. The number of allylic oxidation sites excluding steroid dienone is 8. The molecule has 0 amide bonds. The number of para-hydroxylation sites is 4. The molecule has 0 unspecified atom stereocenters. The third-order valence-electron chi connectivity index (χ3n) is 14.2. The van der Waals surface area contributed by atoms with Crippen molar-refractivity contribution in [2.24, 2.45) is 0 Å². The zero-order valence-corrected chi connectivity index (χ0v) is 36.5. The van der Waals surface area contributed by atoms with Crippen molar-refractivity contribution in [3.8, 4) is 5.69 Å². The summed E-state index contributed by atoms with van der Waals surface area (Å²) in [6.45, 7) is 0. The number of hydrogen-bond donors (Lipinski definition) is 0. The Morgan fingerprint density at radius 1 is 0.406 bits per heavy atom. The quantitative estimate of drug-likeness (QED) is 0.139. The molecule has 0 bridgehead atoms. The van der Waals surface area contributed by atoms with E-state index >= 15 is 0 Å². The molecule has 0 saturated heterocycles. The van der Waals surface area contributed by atoms with Crippen molar-refractivity contribution in [1.82, 2.24) is 8.97 Å². The van der Waals surface area contributed by atoms with Gasteiger partial charge in [0, 0.05) is 55.1 Å². The molecule has 0 fully saturated rings. The van der Waals surface area contributed by atoms with Gasteiger partial charge in [-0.15, -0.1) is 0 Å². The Labute approximate surface area is 373 Å². The van der Waals surface area contributed by atoms with E-state index in [0.29, 0.717) is 0 Å². The van der Waals surface area contributed by atoms with Crippen LogP contribution in [0.1, 0.15) is 25.7 Å². The molecule has 0 radical (unpaired) electrons. The molecule has 64 heavy (non-hydrogen) atoms. The molecular weight excluding hydrogens is 791 g/mol. The molecule has 8 aromatic carbocycles. The summed E-state index contributed by atoms with van der Waals surface area (Å²) in [6, 6.07) is 72.5. The number of aromatic nitrogens is 2. The van der Waals surface area contributed by atoms with Crippen LogP contribution < -0.4 is 15.3 Å². The Hall–Kier alpha value is -7.66. The minimum absolute atomic E-state index is 0.916. The van der Waals surface area contributed by atoms with E-state index in [1.54, 1.807) is 10.4 Å². The fourth-order valence-corrected chi connectivity index (χ4v) is 16.8. The summed E-state index contributed by atoms with van der Waals surface area (Å²) in [4.78, 5) is 2.58. The first-order valence-corrected chi connectivity index (χ1v) is 24.7. The normalized spacial score (nSPS) is 14.5. The molecule has 3 aromatic heterocycles. The Kier molecular flexibility index (Phi) is 8.50. The summed E-state index contributed by atoms with van der Waals surface area (Å²) >= 11 is 0. The maximum Gasteiger partial charge on any atom is 0.171 e. The standard InChI is InChI=1S/C60H45N3Si/c1-5-19-42(20-6-1)62-56-30-16-13-27-50(56)53-39-44(35-38-59(53)62)61(45-40-54-51-28-14-17-31-57(51)63-58-32-18-15-29-52(58)55(41-45)60(54)63)43-33-36-49(37-34-43)64(46-21-7-2-8-22-46,47-23-9-3-10-24-47)48-25-11-4-12-26-48/h1-11,13-25,27-33,35-36,38-41H,12,26,34,37H2. The van der Waals surface area contributed by atoms with Crippen LogP contribution in [0.4, 0.5) is 11.4 Å². The Bertz CT molecular complexity index is 3600. The first-order valence-electron chi connectivity index (χ1n) is 22.7. The first-order chi connectivity index (χ1) is 31.8. The lowest BCUT2D eigenvalue weighted by Crippen LogP contribution is -2.62. The second kappa shape index (κ2) is 14.7. The highest BCUT2D eigenvalue weighted by Gasteiger charge is 2.44. The molecule has 2 aliphatic carbocycles. The molecule has 13 rings (SSSR count). The Balaban J connectivity index is 1.07. The summed E-state index contributed by atoms with van der Waals surface area (Å²) in [5, 5.41) is 13.7. The highest BCUT2D eigenvalue weighted by Crippen LogP contribution is 2.46. The van der Waals surface area contributed by atoms with Crippen molar-refractivity contribution in [2.45, 2.75) is 25.7 Å². The maximum absolute atomic E-state index is 2.58. The van der Waals surface area contributed by atoms with Gasteiger partial charge < -0.3 is 13.9 Å². The second-order valence-corrected chi connectivity index (χ2v) is 21.4. The fraction of sp³-hybridized carbons (Fsp3) is 0.0667. The minimum atomic E-state index is -2.57. The van der Waals surface area contributed by atoms with Gasteiger partial charge in [0.1, 0.15) is 0 Å². The molecule has 4 heteroatoms. The third-order valence-corrected chi connectivity index (χ3v) is 19.3. The van der Waals surface area contributed by atoms with Crippen LogP contribution in [0, 0.1) is 0 Å². The molecule has 0 N–H and O–H groups in total. The molecule has 0 atom stereocenters. The SMILES string of the molecule is C1=CCCC([Si](C2=CC=C(N(c3ccc4c(c3)c3ccccc3n4-c3ccccc3)c3cc4c5ccccc5n5c6ccccc6c(c3)c45)CC2)(c2ccccc2)c2ccccc2)=C1. The summed E-state index contributed by atoms with van der Waals surface area (Å²) in [5.41, 5.74) is 11.0. The van der Waals surface area contributed by atoms with Crippen LogP contribution in [0.2, 0.25) is 0 Å². The van der Waals surface area contributed by atoms with Crippen LogP contribution in [0.15, 0.2) is 241 Å². The molecule has 2 aliphatic rings. The number of rotatable bonds is 8. The third kappa shape index (κ3) is 5.45. The van der Waals surface area contributed by atoms with Crippen molar-refractivity contribution in [2.75, 3.05) is 4.90 Å². The summed E-state index contributed by atoms with van der Waals surface area (Å²) in [5.74, 6) is 0. The van der Waals surface area contributed by atoms with Gasteiger partial charge in [0.25, 0.3) is 0 Å². The number of hydrogen-bond acceptors (Lipinski definition) is 1. The zero-order valence-electron chi connectivity index (χ0n) is 35.5. The van der Waals surface area contributed by atoms with Gasteiger partial charge >= 0.3 is 0 Å². The van der Waals surface area contributed by atoms with Gasteiger partial charge in [-0.25, -0.2) is 0 Å². The average Bonchev–Trinajstić information content (AvgIpc) is 4.01. The van der Waals surface area contributed by atoms with E-state index in [1.165, 1.54) is 93.0 Å². The minimum Gasteiger partial charge on any atom is -0.314 e. The monoisotopic (exact) mass is 835 g/mol.